The summed E-state index contributed by atoms with van der Waals surface area (Å²) in [4.78, 5) is 0. The first-order valence-electron chi connectivity index (χ1n) is 8.07. The van der Waals surface area contributed by atoms with Gasteiger partial charge in [-0.3, -0.25) is 0 Å². The first-order valence-corrected chi connectivity index (χ1v) is 10.7. The third-order valence-electron chi connectivity index (χ3n) is 4.87. The summed E-state index contributed by atoms with van der Waals surface area (Å²) < 4.78 is 0. The van der Waals surface area contributed by atoms with Gasteiger partial charge < -0.3 is 0 Å². The van der Waals surface area contributed by atoms with Crippen LogP contribution in [-0.2, 0) is 0 Å². The van der Waals surface area contributed by atoms with E-state index in [9.17, 15) is 0 Å². The molecule has 0 aliphatic carbocycles. The van der Waals surface area contributed by atoms with Crippen molar-refractivity contribution in [3.8, 4) is 0 Å². The van der Waals surface area contributed by atoms with Gasteiger partial charge in [0.1, 0.15) is 0 Å². The van der Waals surface area contributed by atoms with E-state index in [1.165, 1.54) is 29.3 Å². The molecule has 0 atom stereocenters. The van der Waals surface area contributed by atoms with Crippen LogP contribution in [0.1, 0.15) is 37.5 Å². The molecule has 0 aliphatic rings. The third kappa shape index (κ3) is 3.65. The van der Waals surface area contributed by atoms with Crippen molar-refractivity contribution >= 4 is 13.3 Å². The average Bonchev–Trinajstić information content (AvgIpc) is 2.53. The Bertz CT molecular complexity index is 539. The highest BCUT2D eigenvalue weighted by molar-refractivity contribution is 6.91. The first kappa shape index (κ1) is 16.0. The summed E-state index contributed by atoms with van der Waals surface area (Å²) in [5.41, 5.74) is 3.62. The van der Waals surface area contributed by atoms with E-state index in [-0.39, 0.29) is 0 Å². The fourth-order valence-electron chi connectivity index (χ4n) is 3.07. The maximum Gasteiger partial charge on any atom is 0.0859 e. The molecule has 21 heavy (non-hydrogen) atoms. The average molecular weight is 295 g/mol. The molecule has 2 rings (SSSR count). The van der Waals surface area contributed by atoms with Crippen LogP contribution in [0.3, 0.4) is 0 Å². The van der Waals surface area contributed by atoms with Crippen LogP contribution in [0.2, 0.25) is 18.1 Å². The number of benzene rings is 2. The Balaban J connectivity index is 2.17. The van der Waals surface area contributed by atoms with E-state index in [4.69, 9.17) is 0 Å². The molecule has 2 radical (unpaired) electrons. The zero-order chi connectivity index (χ0) is 15.3. The van der Waals surface area contributed by atoms with Gasteiger partial charge in [0.25, 0.3) is 0 Å². The Morgan fingerprint density at radius 3 is 1.57 bits per heavy atom. The molecule has 0 amide bonds. The molecule has 0 aliphatic heterocycles. The van der Waals surface area contributed by atoms with E-state index >= 15 is 0 Å². The standard InChI is InChI=1S/C20H26Si/c1-5-21(6-2,7-3)20-14-12-19(13-15-20)16-18-10-8-17(4)9-11-18/h8-15H,5-7H2,1-4H3. The lowest BCUT2D eigenvalue weighted by molar-refractivity contribution is 1.19. The minimum Gasteiger partial charge on any atom is -0.0675 e. The van der Waals surface area contributed by atoms with E-state index in [2.05, 4.69) is 82.6 Å². The molecule has 0 bridgehead atoms. The molecular weight excluding hydrogens is 268 g/mol. The van der Waals surface area contributed by atoms with Gasteiger partial charge in [0.15, 0.2) is 0 Å². The zero-order valence-electron chi connectivity index (χ0n) is 13.7. The molecule has 0 saturated heterocycles. The lowest BCUT2D eigenvalue weighted by Crippen LogP contribution is -2.45. The van der Waals surface area contributed by atoms with E-state index in [1.54, 1.807) is 5.19 Å². The van der Waals surface area contributed by atoms with Crippen LogP contribution in [0.15, 0.2) is 48.5 Å². The number of aryl methyl sites for hydroxylation is 1. The Morgan fingerprint density at radius 1 is 0.714 bits per heavy atom. The van der Waals surface area contributed by atoms with E-state index in [0.717, 1.165) is 5.56 Å². The normalized spacial score (nSPS) is 11.6. The van der Waals surface area contributed by atoms with E-state index < -0.39 is 8.07 Å². The molecule has 2 aromatic carbocycles. The van der Waals surface area contributed by atoms with Gasteiger partial charge in [0.05, 0.1) is 14.5 Å². The molecular formula is C20H26Si. The van der Waals surface area contributed by atoms with Gasteiger partial charge in [-0.05, 0) is 18.1 Å². The lowest BCUT2D eigenvalue weighted by atomic mass is 10.0. The van der Waals surface area contributed by atoms with Crippen LogP contribution in [0.4, 0.5) is 0 Å². The molecule has 2 aromatic rings. The molecule has 0 fully saturated rings. The second kappa shape index (κ2) is 7.08. The SMILES string of the molecule is CC[Si](CC)(CC)c1ccc([C]c2ccc(C)cc2)cc1. The van der Waals surface area contributed by atoms with Crippen LogP contribution in [-0.4, -0.2) is 8.07 Å². The Labute approximate surface area is 131 Å². The van der Waals surface area contributed by atoms with Gasteiger partial charge in [-0.25, -0.2) is 0 Å². The zero-order valence-corrected chi connectivity index (χ0v) is 14.7. The monoisotopic (exact) mass is 294 g/mol. The topological polar surface area (TPSA) is 0 Å². The van der Waals surface area contributed by atoms with Gasteiger partial charge in [0, 0.05) is 0 Å². The molecule has 0 N–H and O–H groups in total. The molecule has 0 spiro atoms. The number of hydrogen-bond donors (Lipinski definition) is 0. The number of hydrogen-bond acceptors (Lipinski definition) is 0. The van der Waals surface area contributed by atoms with E-state index in [0.29, 0.717) is 0 Å². The van der Waals surface area contributed by atoms with Crippen LogP contribution in [0.5, 0.6) is 0 Å². The predicted molar refractivity (Wildman–Crippen MR) is 95.9 cm³/mol. The van der Waals surface area contributed by atoms with Crippen molar-refractivity contribution in [1.82, 2.24) is 0 Å². The quantitative estimate of drug-likeness (QED) is 0.643. The molecule has 1 heteroatoms. The summed E-state index contributed by atoms with van der Waals surface area (Å²) in [6.07, 6.45) is 3.48. The maximum atomic E-state index is 3.48. The summed E-state index contributed by atoms with van der Waals surface area (Å²) >= 11 is 0. The van der Waals surface area contributed by atoms with Crippen molar-refractivity contribution in [3.63, 3.8) is 0 Å². The summed E-state index contributed by atoms with van der Waals surface area (Å²) in [5.74, 6) is 0. The molecule has 110 valence electrons. The van der Waals surface area contributed by atoms with Crippen molar-refractivity contribution in [3.05, 3.63) is 71.6 Å². The van der Waals surface area contributed by atoms with Crippen molar-refractivity contribution in [2.45, 2.75) is 45.8 Å². The Morgan fingerprint density at radius 2 is 1.14 bits per heavy atom. The van der Waals surface area contributed by atoms with Gasteiger partial charge in [-0.1, -0.05) is 98.2 Å². The van der Waals surface area contributed by atoms with Gasteiger partial charge in [0.2, 0.25) is 0 Å². The molecule has 0 heterocycles. The summed E-state index contributed by atoms with van der Waals surface area (Å²) in [6.45, 7) is 9.19. The maximum absolute atomic E-state index is 3.48. The number of rotatable bonds is 6. The summed E-state index contributed by atoms with van der Waals surface area (Å²) in [5, 5.41) is 1.60. The molecule has 0 nitrogen and oxygen atoms in total. The highest BCUT2D eigenvalue weighted by atomic mass is 28.3. The first-order chi connectivity index (χ1) is 10.1. The van der Waals surface area contributed by atoms with Crippen LogP contribution < -0.4 is 5.19 Å². The minimum absolute atomic E-state index is 1.15. The van der Waals surface area contributed by atoms with Crippen LogP contribution in [0, 0.1) is 13.3 Å². The predicted octanol–water partition coefficient (Wildman–Crippen LogP) is 5.19. The van der Waals surface area contributed by atoms with Crippen molar-refractivity contribution < 1.29 is 0 Å². The van der Waals surface area contributed by atoms with E-state index in [1.807, 2.05) is 0 Å². The third-order valence-corrected chi connectivity index (χ3v) is 10.5. The fraction of sp³-hybridized carbons (Fsp3) is 0.350. The molecule has 0 saturated carbocycles. The molecule has 0 unspecified atom stereocenters. The second-order valence-electron chi connectivity index (χ2n) is 5.91. The highest BCUT2D eigenvalue weighted by Crippen LogP contribution is 2.21. The van der Waals surface area contributed by atoms with Crippen molar-refractivity contribution in [2.75, 3.05) is 0 Å². The smallest absolute Gasteiger partial charge is 0.0675 e. The van der Waals surface area contributed by atoms with Gasteiger partial charge >= 0.3 is 0 Å². The summed E-state index contributed by atoms with van der Waals surface area (Å²) in [6, 6.07) is 21.7. The highest BCUT2D eigenvalue weighted by Gasteiger charge is 2.28. The largest absolute Gasteiger partial charge is 0.0859 e. The van der Waals surface area contributed by atoms with Crippen molar-refractivity contribution in [1.29, 1.82) is 0 Å². The summed E-state index contributed by atoms with van der Waals surface area (Å²) in [7, 11) is -1.24. The van der Waals surface area contributed by atoms with Crippen molar-refractivity contribution in [2.24, 2.45) is 0 Å². The molecule has 0 aromatic heterocycles. The Kier molecular flexibility index (Phi) is 5.41. The van der Waals surface area contributed by atoms with Gasteiger partial charge in [-0.15, -0.1) is 0 Å². The van der Waals surface area contributed by atoms with Crippen LogP contribution >= 0.6 is 0 Å². The van der Waals surface area contributed by atoms with Gasteiger partial charge in [-0.2, -0.15) is 0 Å². The lowest BCUT2D eigenvalue weighted by Gasteiger charge is -2.28. The fourth-order valence-corrected chi connectivity index (χ4v) is 6.67. The minimum atomic E-state index is -1.24. The Hall–Kier alpha value is -1.34. The van der Waals surface area contributed by atoms with Crippen LogP contribution in [0.25, 0.3) is 0 Å². The second-order valence-corrected chi connectivity index (χ2v) is 11.2.